The maximum Gasteiger partial charge on any atom is 0.181 e. The molecule has 38 heavy (non-hydrogen) atoms. The summed E-state index contributed by atoms with van der Waals surface area (Å²) in [7, 11) is 3.75. The molecule has 0 aliphatic rings. The molecule has 0 bridgehead atoms. The molecule has 3 heterocycles. The van der Waals surface area contributed by atoms with Gasteiger partial charge in [-0.1, -0.05) is 30.3 Å². The van der Waals surface area contributed by atoms with Gasteiger partial charge >= 0.3 is 0 Å². The monoisotopic (exact) mass is 530 g/mol. The van der Waals surface area contributed by atoms with Crippen LogP contribution in [0.3, 0.4) is 0 Å². The van der Waals surface area contributed by atoms with E-state index in [1.807, 2.05) is 53.0 Å². The summed E-state index contributed by atoms with van der Waals surface area (Å²) in [6.45, 7) is 7.95. The van der Waals surface area contributed by atoms with Crippen molar-refractivity contribution in [1.29, 1.82) is 0 Å². The predicted octanol–water partition coefficient (Wildman–Crippen LogP) is 4.76. The van der Waals surface area contributed by atoms with Crippen molar-refractivity contribution in [3.8, 4) is 17.1 Å². The molecule has 0 fully saturated rings. The summed E-state index contributed by atoms with van der Waals surface area (Å²) in [5, 5.41) is 8.64. The zero-order valence-electron chi connectivity index (χ0n) is 21.4. The Morgan fingerprint density at radius 1 is 1.29 bits per heavy atom. The smallest absolute Gasteiger partial charge is 0.181 e. The second kappa shape index (κ2) is 9.94. The fourth-order valence-corrected chi connectivity index (χ4v) is 4.78. The van der Waals surface area contributed by atoms with E-state index in [9.17, 15) is 4.39 Å². The van der Waals surface area contributed by atoms with E-state index in [-0.39, 0.29) is 11.6 Å². The SMILES string of the molecule is B[C@@](C)(NC(=C)c1cocn1)c1cc(F)cc(Cl)c1COc1cccc2c(-c3ncnn3C)cc(C)nc12. The molecule has 1 atom stereocenters. The van der Waals surface area contributed by atoms with E-state index in [2.05, 4.69) is 27.0 Å². The first kappa shape index (κ1) is 25.5. The summed E-state index contributed by atoms with van der Waals surface area (Å²) in [5.74, 6) is 0.840. The zero-order valence-corrected chi connectivity index (χ0v) is 22.2. The maximum absolute atomic E-state index is 14.6. The molecule has 2 aromatic carbocycles. The Morgan fingerprint density at radius 2 is 2.11 bits per heavy atom. The van der Waals surface area contributed by atoms with Crippen LogP contribution in [-0.2, 0) is 19.1 Å². The average molecular weight is 531 g/mol. The standard InChI is InChI=1S/C27H25BClFN6O2/c1-15-8-19(26-31-13-33-36(26)4)18-6-5-7-24(25(18)34-15)38-11-20-21(9-17(30)10-22(20)29)27(3,28)35-16(2)23-12-37-14-32-23/h5-10,12-14,35H,2,11,28H2,1,3-4H3/t27-/m0/s1. The second-order valence-corrected chi connectivity index (χ2v) is 9.88. The fourth-order valence-electron chi connectivity index (χ4n) is 4.52. The number of hydrogen-bond donors (Lipinski definition) is 1. The molecule has 0 radical (unpaired) electrons. The molecule has 0 aliphatic carbocycles. The number of aromatic nitrogens is 5. The molecular weight excluding hydrogens is 506 g/mol. The highest BCUT2D eigenvalue weighted by Gasteiger charge is 2.27. The number of pyridine rings is 1. The highest BCUT2D eigenvalue weighted by molar-refractivity contribution is 6.31. The summed E-state index contributed by atoms with van der Waals surface area (Å²) in [6, 6.07) is 10.4. The van der Waals surface area contributed by atoms with E-state index in [0.717, 1.165) is 22.5 Å². The lowest BCUT2D eigenvalue weighted by molar-refractivity contribution is 0.306. The molecule has 0 saturated carbocycles. The van der Waals surface area contributed by atoms with Gasteiger partial charge in [-0.3, -0.25) is 0 Å². The van der Waals surface area contributed by atoms with Crippen LogP contribution in [0.2, 0.25) is 5.02 Å². The average Bonchev–Trinajstić information content (AvgIpc) is 3.54. The van der Waals surface area contributed by atoms with Crippen molar-refractivity contribution >= 4 is 36.0 Å². The van der Waals surface area contributed by atoms with Gasteiger partial charge in [0.25, 0.3) is 0 Å². The van der Waals surface area contributed by atoms with E-state index in [1.54, 1.807) is 4.68 Å². The topological polar surface area (TPSA) is 90.9 Å². The van der Waals surface area contributed by atoms with Gasteiger partial charge in [0.05, 0.1) is 10.7 Å². The molecule has 1 N–H and O–H groups in total. The quantitative estimate of drug-likeness (QED) is 0.289. The first-order valence-corrected chi connectivity index (χ1v) is 12.2. The van der Waals surface area contributed by atoms with E-state index in [0.29, 0.717) is 33.8 Å². The van der Waals surface area contributed by atoms with Gasteiger partial charge in [-0.15, -0.1) is 0 Å². The lowest BCUT2D eigenvalue weighted by atomic mass is 9.72. The van der Waals surface area contributed by atoms with Crippen LogP contribution in [0.15, 0.2) is 66.4 Å². The Bertz CT molecular complexity index is 1650. The Hall–Kier alpha value is -4.18. The highest BCUT2D eigenvalue weighted by Crippen LogP contribution is 2.35. The van der Waals surface area contributed by atoms with Gasteiger partial charge < -0.3 is 14.5 Å². The minimum Gasteiger partial charge on any atom is -0.487 e. The van der Waals surface area contributed by atoms with Crippen LogP contribution < -0.4 is 10.1 Å². The van der Waals surface area contributed by atoms with Gasteiger partial charge in [0.1, 0.15) is 49.8 Å². The van der Waals surface area contributed by atoms with Crippen LogP contribution in [-0.4, -0.2) is 32.6 Å². The number of nitrogens with one attached hydrogen (secondary N) is 1. The number of benzene rings is 2. The first-order valence-electron chi connectivity index (χ1n) is 11.9. The Kier molecular flexibility index (Phi) is 6.67. The molecular formula is C27H25BClFN6O2. The largest absolute Gasteiger partial charge is 0.487 e. The number of oxazole rings is 1. The summed E-state index contributed by atoms with van der Waals surface area (Å²) in [5.41, 5.74) is 3.95. The molecule has 0 unspecified atom stereocenters. The second-order valence-electron chi connectivity index (χ2n) is 9.48. The molecule has 8 nitrogen and oxygen atoms in total. The third-order valence-corrected chi connectivity index (χ3v) is 6.63. The van der Waals surface area contributed by atoms with Crippen LogP contribution in [0, 0.1) is 12.7 Å². The van der Waals surface area contributed by atoms with Gasteiger partial charge in [-0.2, -0.15) is 5.10 Å². The van der Waals surface area contributed by atoms with Crippen molar-refractivity contribution in [3.63, 3.8) is 0 Å². The molecule has 0 saturated heterocycles. The molecule has 3 aromatic heterocycles. The van der Waals surface area contributed by atoms with Gasteiger partial charge in [0.15, 0.2) is 12.2 Å². The van der Waals surface area contributed by atoms with Crippen molar-refractivity contribution in [2.24, 2.45) is 7.05 Å². The first-order chi connectivity index (χ1) is 18.1. The molecule has 5 aromatic rings. The van der Waals surface area contributed by atoms with Gasteiger partial charge in [0.2, 0.25) is 0 Å². The van der Waals surface area contributed by atoms with Crippen LogP contribution in [0.5, 0.6) is 5.75 Å². The van der Waals surface area contributed by atoms with Crippen LogP contribution in [0.25, 0.3) is 28.0 Å². The van der Waals surface area contributed by atoms with E-state index < -0.39 is 11.3 Å². The van der Waals surface area contributed by atoms with E-state index >= 15 is 0 Å². The summed E-state index contributed by atoms with van der Waals surface area (Å²) in [4.78, 5) is 13.3. The maximum atomic E-state index is 14.6. The lowest BCUT2D eigenvalue weighted by Gasteiger charge is -2.31. The number of rotatable bonds is 8. The molecule has 11 heteroatoms. The number of para-hydroxylation sites is 1. The molecule has 192 valence electrons. The van der Waals surface area contributed by atoms with Crippen molar-refractivity contribution in [2.75, 3.05) is 0 Å². The molecule has 5 rings (SSSR count). The third-order valence-electron chi connectivity index (χ3n) is 6.29. The van der Waals surface area contributed by atoms with Gasteiger partial charge in [-0.25, -0.2) is 24.0 Å². The van der Waals surface area contributed by atoms with Crippen molar-refractivity contribution in [1.82, 2.24) is 30.0 Å². The minimum atomic E-state index is -0.771. The summed E-state index contributed by atoms with van der Waals surface area (Å²) in [6.07, 6.45) is 4.32. The molecule has 0 aliphatic heterocycles. The Balaban J connectivity index is 1.51. The Labute approximate surface area is 224 Å². The highest BCUT2D eigenvalue weighted by atomic mass is 35.5. The van der Waals surface area contributed by atoms with Gasteiger partial charge in [0, 0.05) is 34.7 Å². The van der Waals surface area contributed by atoms with Crippen LogP contribution >= 0.6 is 11.6 Å². The number of halogens is 2. The minimum absolute atomic E-state index is 0.0873. The zero-order chi connectivity index (χ0) is 27.0. The van der Waals surface area contributed by atoms with Crippen molar-refractivity contribution in [3.05, 3.63) is 95.3 Å². The summed E-state index contributed by atoms with van der Waals surface area (Å²) >= 11 is 6.57. The third kappa shape index (κ3) is 4.87. The van der Waals surface area contributed by atoms with Crippen molar-refractivity contribution in [2.45, 2.75) is 25.9 Å². The fraction of sp³-hybridized carbons (Fsp3) is 0.185. The van der Waals surface area contributed by atoms with E-state index in [4.69, 9.17) is 25.7 Å². The molecule has 0 amide bonds. The predicted molar refractivity (Wildman–Crippen MR) is 147 cm³/mol. The normalized spacial score (nSPS) is 12.9. The Morgan fingerprint density at radius 3 is 2.82 bits per heavy atom. The number of fused-ring (bicyclic) bond motifs is 1. The number of ether oxygens (including phenoxy) is 1. The summed E-state index contributed by atoms with van der Waals surface area (Å²) < 4.78 is 27.6. The number of nitrogens with zero attached hydrogens (tertiary/aromatic N) is 5. The van der Waals surface area contributed by atoms with Crippen molar-refractivity contribution < 1.29 is 13.5 Å². The number of hydrogen-bond acceptors (Lipinski definition) is 7. The van der Waals surface area contributed by atoms with Gasteiger partial charge in [-0.05, 0) is 43.7 Å². The van der Waals surface area contributed by atoms with Crippen LogP contribution in [0.4, 0.5) is 4.39 Å². The number of aryl methyl sites for hydroxylation is 2. The molecule has 0 spiro atoms. The van der Waals surface area contributed by atoms with Crippen LogP contribution in [0.1, 0.15) is 29.4 Å². The van der Waals surface area contributed by atoms with E-state index in [1.165, 1.54) is 31.1 Å². The lowest BCUT2D eigenvalue weighted by Crippen LogP contribution is -2.40.